The Morgan fingerprint density at radius 1 is 1.31 bits per heavy atom. The fourth-order valence-corrected chi connectivity index (χ4v) is 1.26. The molecule has 0 aliphatic rings. The predicted octanol–water partition coefficient (Wildman–Crippen LogP) is 2.27. The van der Waals surface area contributed by atoms with Crippen molar-refractivity contribution in [3.63, 3.8) is 0 Å². The Kier molecular flexibility index (Phi) is 4.38. The highest BCUT2D eigenvalue weighted by Crippen LogP contribution is 2.10. The lowest BCUT2D eigenvalue weighted by molar-refractivity contribution is 0.100. The van der Waals surface area contributed by atoms with E-state index in [1.807, 2.05) is 27.7 Å². The molecule has 13 heavy (non-hydrogen) atoms. The molecule has 0 saturated heterocycles. The molecule has 0 fully saturated rings. The maximum atomic E-state index is 11.0. The largest absolute Gasteiger partial charge is 0.293 e. The second-order valence-electron chi connectivity index (χ2n) is 2.74. The summed E-state index contributed by atoms with van der Waals surface area (Å²) >= 11 is 0. The number of ketones is 1. The Bertz CT molecular complexity index is 300. The molecule has 1 rings (SSSR count). The van der Waals surface area contributed by atoms with E-state index in [-0.39, 0.29) is 5.78 Å². The Balaban J connectivity index is 0.000000671. The minimum absolute atomic E-state index is 0.0746. The first kappa shape index (κ1) is 11.9. The van der Waals surface area contributed by atoms with E-state index in [1.54, 1.807) is 18.7 Å². The number of carbonyl (C=O) groups is 1. The van der Waals surface area contributed by atoms with Crippen LogP contribution in [0.1, 0.15) is 42.5 Å². The summed E-state index contributed by atoms with van der Waals surface area (Å²) in [5.41, 5.74) is 2.63. The van der Waals surface area contributed by atoms with Crippen LogP contribution in [-0.4, -0.2) is 15.6 Å². The van der Waals surface area contributed by atoms with Crippen LogP contribution in [0.3, 0.4) is 0 Å². The van der Waals surface area contributed by atoms with Gasteiger partial charge in [0.2, 0.25) is 0 Å². The normalized spacial score (nSPS) is 9.08. The molecule has 0 aliphatic heterocycles. The first-order valence-electron chi connectivity index (χ1n) is 4.55. The molecule has 0 unspecified atom stereocenters. The average Bonchev–Trinajstić information content (AvgIpc) is 2.30. The molecule has 0 spiro atoms. The predicted molar refractivity (Wildman–Crippen MR) is 54.0 cm³/mol. The van der Waals surface area contributed by atoms with Gasteiger partial charge in [-0.25, -0.2) is 0 Å². The highest BCUT2D eigenvalue weighted by Gasteiger charge is 2.11. The topological polar surface area (TPSA) is 34.9 Å². The van der Waals surface area contributed by atoms with Crippen molar-refractivity contribution in [1.29, 1.82) is 0 Å². The first-order valence-corrected chi connectivity index (χ1v) is 4.55. The molecule has 1 heterocycles. The fourth-order valence-electron chi connectivity index (χ4n) is 1.26. The van der Waals surface area contributed by atoms with Crippen LogP contribution < -0.4 is 0 Å². The molecule has 0 aliphatic carbocycles. The van der Waals surface area contributed by atoms with Crippen molar-refractivity contribution in [3.05, 3.63) is 17.0 Å². The summed E-state index contributed by atoms with van der Waals surface area (Å²) in [4.78, 5) is 11.0. The van der Waals surface area contributed by atoms with Crippen LogP contribution in [0.25, 0.3) is 0 Å². The van der Waals surface area contributed by atoms with Crippen LogP contribution in [0.5, 0.6) is 0 Å². The monoisotopic (exact) mass is 182 g/mol. The number of Topliss-reactive ketones (excluding diaryl/α,β-unsaturated/α-hetero) is 1. The Labute approximate surface area is 79.8 Å². The molecule has 0 aromatic carbocycles. The number of hydrogen-bond acceptors (Lipinski definition) is 2. The summed E-state index contributed by atoms with van der Waals surface area (Å²) in [5, 5.41) is 4.13. The van der Waals surface area contributed by atoms with Gasteiger partial charge in [0.25, 0.3) is 0 Å². The van der Waals surface area contributed by atoms with Crippen LogP contribution in [0.2, 0.25) is 0 Å². The van der Waals surface area contributed by atoms with Gasteiger partial charge in [-0.05, 0) is 13.8 Å². The second-order valence-corrected chi connectivity index (χ2v) is 2.74. The van der Waals surface area contributed by atoms with Crippen LogP contribution in [0, 0.1) is 13.8 Å². The highest BCUT2D eigenvalue weighted by molar-refractivity contribution is 5.93. The lowest BCUT2D eigenvalue weighted by Gasteiger charge is -1.95. The Morgan fingerprint density at radius 3 is 1.92 bits per heavy atom. The molecule has 1 aromatic rings. The summed E-state index contributed by atoms with van der Waals surface area (Å²) in [7, 11) is 1.79. The number of rotatable bonds is 1. The molecule has 0 N–H and O–H groups in total. The lowest BCUT2D eigenvalue weighted by Crippen LogP contribution is -2.03. The van der Waals surface area contributed by atoms with Crippen molar-refractivity contribution in [3.8, 4) is 0 Å². The number of aryl methyl sites for hydroxylation is 2. The molecule has 0 bridgehead atoms. The van der Waals surface area contributed by atoms with Gasteiger partial charge in [-0.2, -0.15) is 5.10 Å². The van der Waals surface area contributed by atoms with E-state index >= 15 is 0 Å². The molecule has 3 heteroatoms. The van der Waals surface area contributed by atoms with E-state index < -0.39 is 0 Å². The third kappa shape index (κ3) is 2.41. The minimum atomic E-state index is 0.0746. The van der Waals surface area contributed by atoms with Crippen LogP contribution >= 0.6 is 0 Å². The summed E-state index contributed by atoms with van der Waals surface area (Å²) in [6.07, 6.45) is 0. The lowest BCUT2D eigenvalue weighted by atomic mass is 10.2. The molecular weight excluding hydrogens is 164 g/mol. The Morgan fingerprint density at radius 2 is 1.77 bits per heavy atom. The van der Waals surface area contributed by atoms with Gasteiger partial charge in [0.15, 0.2) is 5.78 Å². The number of carbonyl (C=O) groups excluding carboxylic acids is 1. The van der Waals surface area contributed by atoms with E-state index in [0.29, 0.717) is 5.69 Å². The van der Waals surface area contributed by atoms with Crippen molar-refractivity contribution < 1.29 is 4.79 Å². The van der Waals surface area contributed by atoms with E-state index in [1.165, 1.54) is 0 Å². The van der Waals surface area contributed by atoms with Crippen molar-refractivity contribution in [1.82, 2.24) is 9.78 Å². The third-order valence-corrected chi connectivity index (χ3v) is 1.85. The summed E-state index contributed by atoms with van der Waals surface area (Å²) < 4.78 is 1.63. The first-order chi connectivity index (χ1) is 6.04. The highest BCUT2D eigenvalue weighted by atomic mass is 16.1. The van der Waals surface area contributed by atoms with Gasteiger partial charge in [0, 0.05) is 19.5 Å². The maximum absolute atomic E-state index is 11.0. The molecule has 0 radical (unpaired) electrons. The van der Waals surface area contributed by atoms with Gasteiger partial charge >= 0.3 is 0 Å². The maximum Gasteiger partial charge on any atom is 0.178 e. The SMILES string of the molecule is CC.CC(=O)c1c(C)c(C)nn1C. The second kappa shape index (κ2) is 4.80. The Hall–Kier alpha value is -1.12. The van der Waals surface area contributed by atoms with Crippen molar-refractivity contribution in [2.45, 2.75) is 34.6 Å². The summed E-state index contributed by atoms with van der Waals surface area (Å²) in [6, 6.07) is 0. The van der Waals surface area contributed by atoms with Gasteiger partial charge in [-0.15, -0.1) is 0 Å². The molecule has 0 saturated carbocycles. The van der Waals surface area contributed by atoms with Gasteiger partial charge < -0.3 is 0 Å². The molecule has 3 nitrogen and oxygen atoms in total. The average molecular weight is 182 g/mol. The standard InChI is InChI=1S/C8H12N2O.C2H6/c1-5-6(2)9-10(4)8(5)7(3)11;1-2/h1-4H3;1-2H3. The number of nitrogens with zero attached hydrogens (tertiary/aromatic N) is 2. The number of hydrogen-bond donors (Lipinski definition) is 0. The molecule has 74 valence electrons. The van der Waals surface area contributed by atoms with Crippen LogP contribution in [-0.2, 0) is 7.05 Å². The quantitative estimate of drug-likeness (QED) is 0.624. The van der Waals surface area contributed by atoms with E-state index in [9.17, 15) is 4.79 Å². The van der Waals surface area contributed by atoms with Crippen LogP contribution in [0.4, 0.5) is 0 Å². The van der Waals surface area contributed by atoms with Crippen molar-refractivity contribution >= 4 is 5.78 Å². The minimum Gasteiger partial charge on any atom is -0.293 e. The van der Waals surface area contributed by atoms with E-state index in [2.05, 4.69) is 5.10 Å². The smallest absolute Gasteiger partial charge is 0.178 e. The van der Waals surface area contributed by atoms with Gasteiger partial charge in [0.1, 0.15) is 5.69 Å². The summed E-state index contributed by atoms with van der Waals surface area (Å²) in [5.74, 6) is 0.0746. The van der Waals surface area contributed by atoms with Gasteiger partial charge in [0.05, 0.1) is 5.69 Å². The van der Waals surface area contributed by atoms with E-state index in [0.717, 1.165) is 11.3 Å². The molecular formula is C10H18N2O. The fraction of sp³-hybridized carbons (Fsp3) is 0.600. The zero-order valence-electron chi connectivity index (χ0n) is 9.30. The zero-order valence-corrected chi connectivity index (χ0v) is 9.30. The van der Waals surface area contributed by atoms with Crippen molar-refractivity contribution in [2.24, 2.45) is 7.05 Å². The molecule has 1 aromatic heterocycles. The van der Waals surface area contributed by atoms with Crippen LogP contribution in [0.15, 0.2) is 0 Å². The van der Waals surface area contributed by atoms with Gasteiger partial charge in [-0.3, -0.25) is 9.48 Å². The van der Waals surface area contributed by atoms with E-state index in [4.69, 9.17) is 0 Å². The molecule has 0 amide bonds. The van der Waals surface area contributed by atoms with Crippen molar-refractivity contribution in [2.75, 3.05) is 0 Å². The zero-order chi connectivity index (χ0) is 10.6. The molecule has 0 atom stereocenters. The third-order valence-electron chi connectivity index (χ3n) is 1.85. The van der Waals surface area contributed by atoms with Gasteiger partial charge in [-0.1, -0.05) is 13.8 Å². The number of aromatic nitrogens is 2. The summed E-state index contributed by atoms with van der Waals surface area (Å²) in [6.45, 7) is 9.38.